The SMILES string of the molecule is CC(C)(C)c1cn(COCC[Si](C)(C)C)c(Br)n1. The molecule has 0 saturated heterocycles. The summed E-state index contributed by atoms with van der Waals surface area (Å²) in [6, 6.07) is 1.20. The van der Waals surface area contributed by atoms with Crippen molar-refractivity contribution in [2.45, 2.75) is 58.6 Å². The first kappa shape index (κ1) is 15.9. The highest BCUT2D eigenvalue weighted by atomic mass is 79.9. The predicted molar refractivity (Wildman–Crippen MR) is 82.7 cm³/mol. The van der Waals surface area contributed by atoms with Crippen LogP contribution in [0.3, 0.4) is 0 Å². The highest BCUT2D eigenvalue weighted by molar-refractivity contribution is 9.10. The molecule has 0 N–H and O–H groups in total. The molecular formula is C13H25BrN2OSi. The van der Waals surface area contributed by atoms with E-state index in [4.69, 9.17) is 4.74 Å². The van der Waals surface area contributed by atoms with Crippen LogP contribution in [0.5, 0.6) is 0 Å². The lowest BCUT2D eigenvalue weighted by Gasteiger charge is -2.16. The number of ether oxygens (including phenoxy) is 1. The van der Waals surface area contributed by atoms with Gasteiger partial charge in [0.05, 0.1) is 5.69 Å². The van der Waals surface area contributed by atoms with E-state index in [-0.39, 0.29) is 5.41 Å². The van der Waals surface area contributed by atoms with Gasteiger partial charge in [0.1, 0.15) is 6.73 Å². The molecule has 3 nitrogen and oxygen atoms in total. The first-order valence-electron chi connectivity index (χ1n) is 6.40. The summed E-state index contributed by atoms with van der Waals surface area (Å²) in [4.78, 5) is 4.52. The lowest BCUT2D eigenvalue weighted by atomic mass is 9.93. The normalized spacial score (nSPS) is 13.1. The molecule has 0 amide bonds. The van der Waals surface area contributed by atoms with E-state index in [1.807, 2.05) is 4.57 Å². The number of hydrogen-bond donors (Lipinski definition) is 0. The first-order valence-corrected chi connectivity index (χ1v) is 10.9. The third kappa shape index (κ3) is 5.24. The predicted octanol–water partition coefficient (Wildman–Crippen LogP) is 4.26. The van der Waals surface area contributed by atoms with Crippen molar-refractivity contribution < 1.29 is 4.74 Å². The van der Waals surface area contributed by atoms with Crippen LogP contribution in [-0.2, 0) is 16.9 Å². The summed E-state index contributed by atoms with van der Waals surface area (Å²) in [5.41, 5.74) is 1.16. The minimum absolute atomic E-state index is 0.0755. The van der Waals surface area contributed by atoms with Gasteiger partial charge in [-0.3, -0.25) is 0 Å². The fourth-order valence-electron chi connectivity index (χ4n) is 1.39. The van der Waals surface area contributed by atoms with Gasteiger partial charge in [-0.15, -0.1) is 0 Å². The molecule has 1 aromatic rings. The maximum atomic E-state index is 5.73. The summed E-state index contributed by atoms with van der Waals surface area (Å²) < 4.78 is 8.60. The highest BCUT2D eigenvalue weighted by Crippen LogP contribution is 2.23. The third-order valence-electron chi connectivity index (χ3n) is 2.72. The Morgan fingerprint density at radius 1 is 1.33 bits per heavy atom. The van der Waals surface area contributed by atoms with Gasteiger partial charge in [0.25, 0.3) is 0 Å². The van der Waals surface area contributed by atoms with E-state index in [2.05, 4.69) is 67.5 Å². The van der Waals surface area contributed by atoms with Crippen molar-refractivity contribution in [1.29, 1.82) is 0 Å². The van der Waals surface area contributed by atoms with Gasteiger partial charge < -0.3 is 9.30 Å². The Balaban J connectivity index is 2.51. The first-order chi connectivity index (χ1) is 8.09. The fourth-order valence-corrected chi connectivity index (χ4v) is 2.54. The second-order valence-corrected chi connectivity index (χ2v) is 13.3. The van der Waals surface area contributed by atoms with Crippen molar-refractivity contribution in [3.63, 3.8) is 0 Å². The number of halogens is 1. The third-order valence-corrected chi connectivity index (χ3v) is 5.06. The van der Waals surface area contributed by atoms with Gasteiger partial charge in [-0.25, -0.2) is 4.98 Å². The van der Waals surface area contributed by atoms with Crippen molar-refractivity contribution in [2.75, 3.05) is 6.61 Å². The number of rotatable bonds is 5. The van der Waals surface area contributed by atoms with Gasteiger partial charge in [-0.1, -0.05) is 40.4 Å². The molecule has 0 aliphatic carbocycles. The molecule has 1 aromatic heterocycles. The van der Waals surface area contributed by atoms with Crippen molar-refractivity contribution in [1.82, 2.24) is 9.55 Å². The zero-order chi connectivity index (χ0) is 14.0. The maximum Gasteiger partial charge on any atom is 0.179 e. The summed E-state index contributed by atoms with van der Waals surface area (Å²) in [7, 11) is -0.995. The largest absolute Gasteiger partial charge is 0.361 e. The molecule has 5 heteroatoms. The van der Waals surface area contributed by atoms with Crippen molar-refractivity contribution in [2.24, 2.45) is 0 Å². The summed E-state index contributed by atoms with van der Waals surface area (Å²) >= 11 is 3.48. The summed E-state index contributed by atoms with van der Waals surface area (Å²) in [5.74, 6) is 0. The van der Waals surface area contributed by atoms with Crippen LogP contribution in [-0.4, -0.2) is 24.2 Å². The number of hydrogen-bond acceptors (Lipinski definition) is 2. The Labute approximate surface area is 120 Å². The van der Waals surface area contributed by atoms with E-state index in [0.717, 1.165) is 17.0 Å². The van der Waals surface area contributed by atoms with Crippen LogP contribution in [0, 0.1) is 0 Å². The molecule has 0 aromatic carbocycles. The quantitative estimate of drug-likeness (QED) is 0.595. The van der Waals surface area contributed by atoms with Crippen LogP contribution in [0.25, 0.3) is 0 Å². The zero-order valence-corrected chi connectivity index (χ0v) is 15.0. The Hall–Kier alpha value is -0.133. The van der Waals surface area contributed by atoms with E-state index < -0.39 is 8.07 Å². The second kappa shape index (κ2) is 5.88. The average molecular weight is 333 g/mol. The lowest BCUT2D eigenvalue weighted by molar-refractivity contribution is 0.0855. The van der Waals surface area contributed by atoms with Crippen LogP contribution >= 0.6 is 15.9 Å². The Kier molecular flexibility index (Phi) is 5.20. The van der Waals surface area contributed by atoms with E-state index in [0.29, 0.717) is 6.73 Å². The Morgan fingerprint density at radius 3 is 2.39 bits per heavy atom. The highest BCUT2D eigenvalue weighted by Gasteiger charge is 2.19. The van der Waals surface area contributed by atoms with Gasteiger partial charge in [-0.2, -0.15) is 0 Å². The summed E-state index contributed by atoms with van der Waals surface area (Å²) in [5, 5.41) is 0. The van der Waals surface area contributed by atoms with E-state index in [9.17, 15) is 0 Å². The molecule has 1 rings (SSSR count). The molecule has 0 radical (unpaired) electrons. The molecule has 0 aliphatic heterocycles. The smallest absolute Gasteiger partial charge is 0.179 e. The van der Waals surface area contributed by atoms with Gasteiger partial charge in [0.2, 0.25) is 0 Å². The summed E-state index contributed by atoms with van der Waals surface area (Å²) in [6.45, 7) is 15.0. The van der Waals surface area contributed by atoms with E-state index in [1.54, 1.807) is 0 Å². The molecule has 0 saturated carbocycles. The van der Waals surface area contributed by atoms with Gasteiger partial charge in [0.15, 0.2) is 4.73 Å². The zero-order valence-electron chi connectivity index (χ0n) is 12.4. The van der Waals surface area contributed by atoms with Crippen molar-refractivity contribution >= 4 is 24.0 Å². The molecule has 1 heterocycles. The van der Waals surface area contributed by atoms with Crippen LogP contribution in [0.15, 0.2) is 10.9 Å². The molecule has 0 unspecified atom stereocenters. The monoisotopic (exact) mass is 332 g/mol. The van der Waals surface area contributed by atoms with Gasteiger partial charge in [0, 0.05) is 26.3 Å². The van der Waals surface area contributed by atoms with E-state index >= 15 is 0 Å². The van der Waals surface area contributed by atoms with Crippen molar-refractivity contribution in [3.8, 4) is 0 Å². The number of imidazole rings is 1. The van der Waals surface area contributed by atoms with Crippen LogP contribution in [0.1, 0.15) is 26.5 Å². The van der Waals surface area contributed by atoms with Crippen LogP contribution in [0.2, 0.25) is 25.7 Å². The Morgan fingerprint density at radius 2 is 1.94 bits per heavy atom. The minimum atomic E-state index is -0.995. The van der Waals surface area contributed by atoms with Gasteiger partial charge in [-0.05, 0) is 22.0 Å². The molecule has 0 spiro atoms. The maximum absolute atomic E-state index is 5.73. The van der Waals surface area contributed by atoms with E-state index in [1.165, 1.54) is 6.04 Å². The second-order valence-electron chi connectivity index (χ2n) is 6.96. The average Bonchev–Trinajstić information content (AvgIpc) is 2.53. The molecular weight excluding hydrogens is 308 g/mol. The lowest BCUT2D eigenvalue weighted by Crippen LogP contribution is -2.22. The standard InChI is InChI=1S/C13H25BrN2OSi/c1-13(2,3)11-9-16(12(14)15-11)10-17-7-8-18(4,5)6/h9H,7-8,10H2,1-6H3. The molecule has 0 aliphatic rings. The van der Waals surface area contributed by atoms with Crippen LogP contribution < -0.4 is 0 Å². The molecule has 104 valence electrons. The Bertz CT molecular complexity index is 391. The van der Waals surface area contributed by atoms with Gasteiger partial charge >= 0.3 is 0 Å². The molecule has 0 fully saturated rings. The number of nitrogens with zero attached hydrogens (tertiary/aromatic N) is 2. The summed E-state index contributed by atoms with van der Waals surface area (Å²) in [6.07, 6.45) is 2.07. The topological polar surface area (TPSA) is 27.1 Å². The van der Waals surface area contributed by atoms with Crippen LogP contribution in [0.4, 0.5) is 0 Å². The van der Waals surface area contributed by atoms with Crippen molar-refractivity contribution in [3.05, 3.63) is 16.6 Å². The minimum Gasteiger partial charge on any atom is -0.361 e. The number of aromatic nitrogens is 2. The molecule has 0 atom stereocenters. The fraction of sp³-hybridized carbons (Fsp3) is 0.769. The molecule has 18 heavy (non-hydrogen) atoms. The molecule has 0 bridgehead atoms.